The molecule has 152 valence electrons. The van der Waals surface area contributed by atoms with Gasteiger partial charge >= 0.3 is 5.97 Å². The predicted molar refractivity (Wildman–Crippen MR) is 107 cm³/mol. The smallest absolute Gasteiger partial charge is 0.316 e. The summed E-state index contributed by atoms with van der Waals surface area (Å²) in [5.74, 6) is -1.40. The van der Waals surface area contributed by atoms with E-state index in [9.17, 15) is 14.4 Å². The Morgan fingerprint density at radius 3 is 2.61 bits per heavy atom. The lowest BCUT2D eigenvalue weighted by Gasteiger charge is -2.16. The summed E-state index contributed by atoms with van der Waals surface area (Å²) >= 11 is 2.34. The molecule has 2 aromatic rings. The molecule has 0 fully saturated rings. The van der Waals surface area contributed by atoms with E-state index in [1.807, 2.05) is 6.92 Å². The van der Waals surface area contributed by atoms with E-state index in [4.69, 9.17) is 16.2 Å². The van der Waals surface area contributed by atoms with Crippen LogP contribution >= 0.6 is 23.1 Å². The number of hydrogen-bond donors (Lipinski definition) is 3. The Morgan fingerprint density at radius 2 is 2.00 bits per heavy atom. The highest BCUT2D eigenvalue weighted by molar-refractivity contribution is 7.99. The number of nitrogens with one attached hydrogen (secondary N) is 1. The third kappa shape index (κ3) is 4.62. The van der Waals surface area contributed by atoms with Crippen LogP contribution in [-0.4, -0.2) is 44.9 Å². The number of primary amides is 1. The van der Waals surface area contributed by atoms with Crippen molar-refractivity contribution in [2.45, 2.75) is 38.9 Å². The SMILES string of the molecule is CCOC(=O)CSc1nnc(N)n1C(C)C(=O)Nc1sc(C)c(C)c1C(N)=O. The number of nitrogens with zero attached hydrogens (tertiary/aromatic N) is 3. The molecule has 0 aliphatic rings. The van der Waals surface area contributed by atoms with Crippen molar-refractivity contribution < 1.29 is 19.1 Å². The second kappa shape index (κ2) is 9.06. The molecule has 0 aromatic carbocycles. The Balaban J connectivity index is 2.20. The van der Waals surface area contributed by atoms with Crippen molar-refractivity contribution in [1.82, 2.24) is 14.8 Å². The number of nitrogens with two attached hydrogens (primary N) is 2. The maximum Gasteiger partial charge on any atom is 0.316 e. The van der Waals surface area contributed by atoms with E-state index in [-0.39, 0.29) is 23.9 Å². The lowest BCUT2D eigenvalue weighted by atomic mass is 10.1. The molecule has 0 spiro atoms. The number of thioether (sulfide) groups is 1. The van der Waals surface area contributed by atoms with E-state index in [1.165, 1.54) is 15.9 Å². The number of rotatable bonds is 8. The minimum atomic E-state index is -0.789. The number of nitrogen functional groups attached to an aromatic ring is 1. The van der Waals surface area contributed by atoms with E-state index in [2.05, 4.69) is 15.5 Å². The van der Waals surface area contributed by atoms with Gasteiger partial charge in [-0.1, -0.05) is 11.8 Å². The minimum Gasteiger partial charge on any atom is -0.465 e. The molecule has 0 aliphatic carbocycles. The van der Waals surface area contributed by atoms with E-state index in [0.29, 0.717) is 10.2 Å². The van der Waals surface area contributed by atoms with Gasteiger partial charge in [0.15, 0.2) is 5.16 Å². The number of hydrogen-bond acceptors (Lipinski definition) is 9. The summed E-state index contributed by atoms with van der Waals surface area (Å²) in [6.45, 7) is 7.21. The number of ether oxygens (including phenoxy) is 1. The van der Waals surface area contributed by atoms with E-state index in [0.717, 1.165) is 22.2 Å². The third-order valence-electron chi connectivity index (χ3n) is 3.95. The summed E-state index contributed by atoms with van der Waals surface area (Å²) in [5.41, 5.74) is 12.3. The van der Waals surface area contributed by atoms with Crippen LogP contribution < -0.4 is 16.8 Å². The van der Waals surface area contributed by atoms with Gasteiger partial charge in [0.2, 0.25) is 11.9 Å². The molecular weight excluding hydrogens is 404 g/mol. The van der Waals surface area contributed by atoms with Gasteiger partial charge in [-0.05, 0) is 33.3 Å². The Labute approximate surface area is 170 Å². The highest BCUT2D eigenvalue weighted by Crippen LogP contribution is 2.33. The number of amides is 2. The fourth-order valence-electron chi connectivity index (χ4n) is 2.42. The van der Waals surface area contributed by atoms with E-state index >= 15 is 0 Å². The largest absolute Gasteiger partial charge is 0.465 e. The topological polar surface area (TPSA) is 155 Å². The van der Waals surface area contributed by atoms with E-state index in [1.54, 1.807) is 20.8 Å². The second-order valence-corrected chi connectivity index (χ2v) is 7.99. The second-order valence-electron chi connectivity index (χ2n) is 5.82. The molecular formula is C16H22N6O4S2. The molecule has 10 nitrogen and oxygen atoms in total. The first kappa shape index (κ1) is 21.7. The Bertz CT molecular complexity index is 907. The Morgan fingerprint density at radius 1 is 1.32 bits per heavy atom. The first-order chi connectivity index (χ1) is 13.2. The normalized spacial score (nSPS) is 11.9. The monoisotopic (exact) mass is 426 g/mol. The first-order valence-corrected chi connectivity index (χ1v) is 10.2. The van der Waals surface area contributed by atoms with Crippen LogP contribution in [0.4, 0.5) is 10.9 Å². The number of thiophene rings is 1. The summed E-state index contributed by atoms with van der Waals surface area (Å²) < 4.78 is 6.29. The molecule has 2 aromatic heterocycles. The molecule has 1 atom stereocenters. The Hall–Kier alpha value is -2.60. The summed E-state index contributed by atoms with van der Waals surface area (Å²) in [6, 6.07) is -0.789. The van der Waals surface area contributed by atoms with Crippen LogP contribution in [0.3, 0.4) is 0 Å². The zero-order valence-electron chi connectivity index (χ0n) is 15.9. The molecule has 2 heterocycles. The van der Waals surface area contributed by atoms with Crippen molar-refractivity contribution in [3.8, 4) is 0 Å². The van der Waals surface area contributed by atoms with Gasteiger partial charge in [0.25, 0.3) is 5.91 Å². The average molecular weight is 427 g/mol. The van der Waals surface area contributed by atoms with Gasteiger partial charge in [-0.25, -0.2) is 0 Å². The van der Waals surface area contributed by atoms with Crippen molar-refractivity contribution in [3.05, 3.63) is 16.0 Å². The number of anilines is 2. The van der Waals surface area contributed by atoms with Crippen molar-refractivity contribution in [2.75, 3.05) is 23.4 Å². The van der Waals surface area contributed by atoms with Crippen molar-refractivity contribution >= 4 is 51.8 Å². The van der Waals surface area contributed by atoms with Crippen LogP contribution in [0, 0.1) is 13.8 Å². The van der Waals surface area contributed by atoms with Crippen LogP contribution in [0.2, 0.25) is 0 Å². The molecule has 2 amide bonds. The molecule has 28 heavy (non-hydrogen) atoms. The maximum atomic E-state index is 12.8. The number of carbonyl (C=O) groups excluding carboxylic acids is 3. The van der Waals surface area contributed by atoms with Crippen LogP contribution in [0.25, 0.3) is 0 Å². The molecule has 2 rings (SSSR count). The Kier molecular flexibility index (Phi) is 7.02. The van der Waals surface area contributed by atoms with Crippen LogP contribution in [0.5, 0.6) is 0 Å². The number of aromatic nitrogens is 3. The molecule has 12 heteroatoms. The summed E-state index contributed by atoms with van der Waals surface area (Å²) in [7, 11) is 0. The molecule has 1 unspecified atom stereocenters. The summed E-state index contributed by atoms with van der Waals surface area (Å²) in [6.07, 6.45) is 0. The predicted octanol–water partition coefficient (Wildman–Crippen LogP) is 1.49. The fourth-order valence-corrected chi connectivity index (χ4v) is 4.31. The molecule has 5 N–H and O–H groups in total. The lowest BCUT2D eigenvalue weighted by molar-refractivity contribution is -0.139. The van der Waals surface area contributed by atoms with Crippen molar-refractivity contribution in [3.63, 3.8) is 0 Å². The van der Waals surface area contributed by atoms with Crippen molar-refractivity contribution in [2.24, 2.45) is 5.73 Å². The highest BCUT2D eigenvalue weighted by atomic mass is 32.2. The van der Waals surface area contributed by atoms with Gasteiger partial charge in [-0.15, -0.1) is 21.5 Å². The van der Waals surface area contributed by atoms with Crippen LogP contribution in [0.15, 0.2) is 5.16 Å². The maximum absolute atomic E-state index is 12.8. The van der Waals surface area contributed by atoms with Gasteiger partial charge in [-0.3, -0.25) is 19.0 Å². The zero-order chi connectivity index (χ0) is 21.0. The molecule has 0 bridgehead atoms. The molecule has 0 radical (unpaired) electrons. The lowest BCUT2D eigenvalue weighted by Crippen LogP contribution is -2.26. The van der Waals surface area contributed by atoms with Crippen LogP contribution in [-0.2, 0) is 14.3 Å². The van der Waals surface area contributed by atoms with Gasteiger partial charge in [0.05, 0.1) is 17.9 Å². The fraction of sp³-hybridized carbons (Fsp3) is 0.438. The number of esters is 1. The average Bonchev–Trinajstić information content (AvgIpc) is 3.12. The van der Waals surface area contributed by atoms with Gasteiger partial charge < -0.3 is 21.5 Å². The van der Waals surface area contributed by atoms with Gasteiger partial charge in [0, 0.05) is 4.88 Å². The van der Waals surface area contributed by atoms with E-state index < -0.39 is 23.8 Å². The highest BCUT2D eigenvalue weighted by Gasteiger charge is 2.25. The first-order valence-electron chi connectivity index (χ1n) is 8.36. The minimum absolute atomic E-state index is 0.00937. The number of aryl methyl sites for hydroxylation is 1. The molecule has 0 aliphatic heterocycles. The van der Waals surface area contributed by atoms with Crippen LogP contribution in [0.1, 0.15) is 40.7 Å². The standard InChI is InChI=1S/C16H22N6O4S2/c1-5-26-10(23)6-27-16-21-20-15(18)22(16)8(3)13(25)19-14-11(12(17)24)7(2)9(4)28-14/h8H,5-6H2,1-4H3,(H2,17,24)(H2,18,20)(H,19,25). The summed E-state index contributed by atoms with van der Waals surface area (Å²) in [5, 5.41) is 11.1. The van der Waals surface area contributed by atoms with Gasteiger partial charge in [-0.2, -0.15) is 0 Å². The summed E-state index contributed by atoms with van der Waals surface area (Å²) in [4.78, 5) is 36.9. The molecule has 0 saturated carbocycles. The third-order valence-corrected chi connectivity index (χ3v) is 5.99. The quantitative estimate of drug-likeness (QED) is 0.423. The van der Waals surface area contributed by atoms with Gasteiger partial charge in [0.1, 0.15) is 11.0 Å². The van der Waals surface area contributed by atoms with Crippen molar-refractivity contribution in [1.29, 1.82) is 0 Å². The zero-order valence-corrected chi connectivity index (χ0v) is 17.6. The number of carbonyl (C=O) groups is 3. The molecule has 0 saturated heterocycles.